The summed E-state index contributed by atoms with van der Waals surface area (Å²) in [6.07, 6.45) is -1.95. The van der Waals surface area contributed by atoms with Gasteiger partial charge in [-0.25, -0.2) is 4.98 Å². The van der Waals surface area contributed by atoms with Crippen molar-refractivity contribution in [2.75, 3.05) is 20.1 Å². The van der Waals surface area contributed by atoms with Gasteiger partial charge >= 0.3 is 6.29 Å². The fraction of sp³-hybridized carbons (Fsp3) is 0.344. The van der Waals surface area contributed by atoms with Gasteiger partial charge in [0.05, 0.1) is 35.0 Å². The molecule has 0 unspecified atom stereocenters. The van der Waals surface area contributed by atoms with Crippen LogP contribution in [0, 0.1) is 5.92 Å². The number of aryl methyl sites for hydroxylation is 1. The number of hydrogen-bond acceptors (Lipinski definition) is 6. The highest BCUT2D eigenvalue weighted by atomic mass is 19.3. The fourth-order valence-electron chi connectivity index (χ4n) is 6.05. The number of nitrogens with one attached hydrogen (secondary N) is 1. The molecule has 1 aromatic heterocycles. The summed E-state index contributed by atoms with van der Waals surface area (Å²) in [4.78, 5) is 33.5. The molecule has 1 N–H and O–H groups in total. The van der Waals surface area contributed by atoms with Crippen molar-refractivity contribution >= 4 is 22.8 Å². The van der Waals surface area contributed by atoms with Crippen molar-refractivity contribution in [2.24, 2.45) is 13.0 Å². The number of imidazole rings is 1. The summed E-state index contributed by atoms with van der Waals surface area (Å²) in [5, 5.41) is 2.74. The minimum absolute atomic E-state index is 0.0420. The Bertz CT molecular complexity index is 1710. The molecule has 2 amide bonds. The largest absolute Gasteiger partial charge is 0.586 e. The second kappa shape index (κ2) is 10.9. The number of para-hydroxylation sites is 1. The van der Waals surface area contributed by atoms with E-state index in [4.69, 9.17) is 14.2 Å². The zero-order valence-corrected chi connectivity index (χ0v) is 24.3. The van der Waals surface area contributed by atoms with E-state index in [9.17, 15) is 18.4 Å². The number of carbonyl (C=O) groups is 2. The van der Waals surface area contributed by atoms with Gasteiger partial charge < -0.3 is 29.0 Å². The van der Waals surface area contributed by atoms with Gasteiger partial charge in [-0.3, -0.25) is 9.59 Å². The van der Waals surface area contributed by atoms with E-state index >= 15 is 0 Å². The predicted molar refractivity (Wildman–Crippen MR) is 155 cm³/mol. The Morgan fingerprint density at radius 2 is 1.86 bits per heavy atom. The van der Waals surface area contributed by atoms with E-state index in [1.165, 1.54) is 6.07 Å². The minimum Gasteiger partial charge on any atom is -0.490 e. The highest BCUT2D eigenvalue weighted by Gasteiger charge is 2.45. The summed E-state index contributed by atoms with van der Waals surface area (Å²) in [7, 11) is 3.36. The van der Waals surface area contributed by atoms with Crippen LogP contribution >= 0.6 is 0 Å². The molecular formula is C32H32F2N4O5. The predicted octanol–water partition coefficient (Wildman–Crippen LogP) is 5.34. The Morgan fingerprint density at radius 1 is 1.09 bits per heavy atom. The third-order valence-electron chi connectivity index (χ3n) is 7.87. The normalized spacial score (nSPS) is 19.1. The Morgan fingerprint density at radius 3 is 2.58 bits per heavy atom. The number of rotatable bonds is 6. The van der Waals surface area contributed by atoms with Crippen molar-refractivity contribution in [3.05, 3.63) is 72.1 Å². The summed E-state index contributed by atoms with van der Waals surface area (Å²) in [5.41, 5.74) is 2.97. The van der Waals surface area contributed by atoms with Crippen molar-refractivity contribution in [2.45, 2.75) is 38.6 Å². The van der Waals surface area contributed by atoms with Crippen LogP contribution in [-0.4, -0.2) is 58.8 Å². The van der Waals surface area contributed by atoms with Crippen LogP contribution in [0.2, 0.25) is 0 Å². The van der Waals surface area contributed by atoms with Crippen molar-refractivity contribution in [1.29, 1.82) is 0 Å². The molecule has 1 fully saturated rings. The van der Waals surface area contributed by atoms with Crippen LogP contribution in [-0.2, 0) is 11.8 Å². The molecule has 3 heterocycles. The molecule has 0 spiro atoms. The number of ether oxygens (including phenoxy) is 3. The van der Waals surface area contributed by atoms with Gasteiger partial charge in [-0.05, 0) is 38.0 Å². The molecule has 1 saturated heterocycles. The van der Waals surface area contributed by atoms with Crippen LogP contribution in [0.4, 0.5) is 8.78 Å². The lowest BCUT2D eigenvalue weighted by atomic mass is 9.83. The molecule has 0 aliphatic carbocycles. The highest BCUT2D eigenvalue weighted by Crippen LogP contribution is 2.51. The first-order valence-corrected chi connectivity index (χ1v) is 14.2. The molecule has 9 nitrogen and oxygen atoms in total. The van der Waals surface area contributed by atoms with Gasteiger partial charge in [-0.1, -0.05) is 42.5 Å². The van der Waals surface area contributed by atoms with Crippen LogP contribution in [0.1, 0.15) is 42.1 Å². The number of likely N-dealkylation sites (tertiary alicyclic amines) is 1. The molecule has 3 aromatic carbocycles. The monoisotopic (exact) mass is 590 g/mol. The zero-order chi connectivity index (χ0) is 30.5. The highest BCUT2D eigenvalue weighted by molar-refractivity contribution is 6.11. The average molecular weight is 591 g/mol. The van der Waals surface area contributed by atoms with E-state index in [0.717, 1.165) is 5.56 Å². The van der Waals surface area contributed by atoms with E-state index in [2.05, 4.69) is 10.3 Å². The molecule has 0 bridgehead atoms. The zero-order valence-electron chi connectivity index (χ0n) is 24.3. The van der Waals surface area contributed by atoms with Gasteiger partial charge in [-0.2, -0.15) is 0 Å². The molecule has 2 aliphatic heterocycles. The number of piperidine rings is 1. The van der Waals surface area contributed by atoms with Crippen LogP contribution in [0.25, 0.3) is 22.2 Å². The minimum atomic E-state index is -3.82. The van der Waals surface area contributed by atoms with E-state index < -0.39 is 12.2 Å². The third-order valence-corrected chi connectivity index (χ3v) is 7.87. The average Bonchev–Trinajstić information content (AvgIpc) is 3.53. The SMILES string of the molecule is CNC(=O)[C@H]1C[C@@H](c2ccccc2)CN(C(=O)c2cc(OC(C)C)c(-c3cccc4c3OC(F)(F)O4)c3ncn(C)c23)C1. The van der Waals surface area contributed by atoms with Crippen molar-refractivity contribution in [3.63, 3.8) is 0 Å². The van der Waals surface area contributed by atoms with E-state index in [0.29, 0.717) is 40.7 Å². The molecule has 6 rings (SSSR count). The Balaban J connectivity index is 1.49. The van der Waals surface area contributed by atoms with Crippen LogP contribution in [0.3, 0.4) is 0 Å². The molecule has 11 heteroatoms. The Kier molecular flexibility index (Phi) is 7.19. The molecule has 0 radical (unpaired) electrons. The Hall–Kier alpha value is -4.67. The molecule has 224 valence electrons. The number of hydrogen-bond donors (Lipinski definition) is 1. The Labute approximate surface area is 247 Å². The molecule has 43 heavy (non-hydrogen) atoms. The first kappa shape index (κ1) is 28.4. The summed E-state index contributed by atoms with van der Waals surface area (Å²) in [5.74, 6) is -0.805. The van der Waals surface area contributed by atoms with Gasteiger partial charge in [0, 0.05) is 38.7 Å². The number of nitrogens with zero attached hydrogens (tertiary/aromatic N) is 3. The fourth-order valence-corrected chi connectivity index (χ4v) is 6.05. The number of carbonyl (C=O) groups excluding carboxylic acids is 2. The summed E-state index contributed by atoms with van der Waals surface area (Å²) in [6.45, 7) is 4.33. The maximum Gasteiger partial charge on any atom is 0.586 e. The number of halogens is 2. The van der Waals surface area contributed by atoms with Crippen molar-refractivity contribution < 1.29 is 32.6 Å². The van der Waals surface area contributed by atoms with E-state index in [1.54, 1.807) is 48.1 Å². The number of alkyl halides is 2. The number of fused-ring (bicyclic) bond motifs is 2. The maximum absolute atomic E-state index is 14.4. The lowest BCUT2D eigenvalue weighted by molar-refractivity contribution is -0.286. The van der Waals surface area contributed by atoms with Gasteiger partial charge in [0.1, 0.15) is 11.3 Å². The quantitative estimate of drug-likeness (QED) is 0.326. The van der Waals surface area contributed by atoms with Gasteiger partial charge in [-0.15, -0.1) is 8.78 Å². The number of aromatic nitrogens is 2. The first-order chi connectivity index (χ1) is 20.6. The third kappa shape index (κ3) is 5.24. The summed E-state index contributed by atoms with van der Waals surface area (Å²) >= 11 is 0. The smallest absolute Gasteiger partial charge is 0.490 e. The van der Waals surface area contributed by atoms with E-state index in [-0.39, 0.29) is 47.6 Å². The van der Waals surface area contributed by atoms with Crippen molar-refractivity contribution in [3.8, 4) is 28.4 Å². The molecule has 2 aliphatic rings. The lowest BCUT2D eigenvalue weighted by Crippen LogP contribution is -2.47. The maximum atomic E-state index is 14.4. The molecule has 0 saturated carbocycles. The van der Waals surface area contributed by atoms with Gasteiger partial charge in [0.2, 0.25) is 5.91 Å². The summed E-state index contributed by atoms with van der Waals surface area (Å²) in [6, 6.07) is 16.1. The van der Waals surface area contributed by atoms with E-state index in [1.807, 2.05) is 44.2 Å². The van der Waals surface area contributed by atoms with Crippen LogP contribution in [0.15, 0.2) is 60.9 Å². The van der Waals surface area contributed by atoms with Gasteiger partial charge in [0.25, 0.3) is 5.91 Å². The molecule has 4 aromatic rings. The van der Waals surface area contributed by atoms with Gasteiger partial charge in [0.15, 0.2) is 11.5 Å². The van der Waals surface area contributed by atoms with Crippen molar-refractivity contribution in [1.82, 2.24) is 19.8 Å². The number of amides is 2. The van der Waals surface area contributed by atoms with Crippen LogP contribution in [0.5, 0.6) is 17.2 Å². The summed E-state index contributed by atoms with van der Waals surface area (Å²) < 4.78 is 45.8. The second-order valence-electron chi connectivity index (χ2n) is 11.2. The van der Waals surface area contributed by atoms with Crippen LogP contribution < -0.4 is 19.5 Å². The second-order valence-corrected chi connectivity index (χ2v) is 11.2. The number of benzene rings is 3. The first-order valence-electron chi connectivity index (χ1n) is 14.2. The lowest BCUT2D eigenvalue weighted by Gasteiger charge is -2.37. The standard InChI is InChI=1S/C32H32F2N4O5/c1-18(2)41-25-14-23(31(40)38-15-20(19-9-6-5-7-10-19)13-21(16-38)30(39)35-3)28-27(36-17-37(28)4)26(25)22-11-8-12-24-29(22)43-32(33,34)42-24/h5-12,14,17-18,20-21H,13,15-16H2,1-4H3,(H,35,39)/t20-,21+/m1/s1. The topological polar surface area (TPSA) is 94.9 Å². The molecular weight excluding hydrogens is 558 g/mol. The molecule has 2 atom stereocenters.